The summed E-state index contributed by atoms with van der Waals surface area (Å²) in [6, 6.07) is 3.04. The van der Waals surface area contributed by atoms with Crippen LogP contribution in [0, 0.1) is 5.92 Å². The molecule has 20 heavy (non-hydrogen) atoms. The van der Waals surface area contributed by atoms with E-state index in [1.165, 1.54) is 12.3 Å². The Bertz CT molecular complexity index is 569. The molecule has 0 bridgehead atoms. The molecule has 1 saturated carbocycles. The van der Waals surface area contributed by atoms with Gasteiger partial charge in [0.25, 0.3) is 10.0 Å². The largest absolute Gasteiger partial charge is 0.376 e. The highest BCUT2D eigenvalue weighted by atomic mass is 32.2. The highest BCUT2D eigenvalue weighted by Crippen LogP contribution is 2.39. The third-order valence-electron chi connectivity index (χ3n) is 3.84. The number of nitrogens with two attached hydrogens (primary N) is 1. The van der Waals surface area contributed by atoms with Crippen LogP contribution >= 0.6 is 0 Å². The quantitative estimate of drug-likeness (QED) is 0.819. The molecule has 2 atom stereocenters. The fourth-order valence-corrected chi connectivity index (χ4v) is 3.79. The fourth-order valence-electron chi connectivity index (χ4n) is 2.58. The molecule has 1 aromatic rings. The van der Waals surface area contributed by atoms with Crippen LogP contribution in [-0.2, 0) is 21.3 Å². The van der Waals surface area contributed by atoms with Crippen LogP contribution in [0.25, 0.3) is 0 Å². The van der Waals surface area contributed by atoms with Crippen LogP contribution in [0.15, 0.2) is 23.4 Å². The van der Waals surface area contributed by atoms with Crippen LogP contribution in [0.3, 0.4) is 0 Å². The monoisotopic (exact) mass is 297 g/mol. The van der Waals surface area contributed by atoms with Gasteiger partial charge in [0.15, 0.2) is 5.03 Å². The van der Waals surface area contributed by atoms with Gasteiger partial charge in [0.05, 0.1) is 12.1 Å². The van der Waals surface area contributed by atoms with Gasteiger partial charge in [0.2, 0.25) is 0 Å². The smallest absolute Gasteiger partial charge is 0.258 e. The van der Waals surface area contributed by atoms with E-state index in [2.05, 4.69) is 9.71 Å². The van der Waals surface area contributed by atoms with Crippen molar-refractivity contribution >= 4 is 10.0 Å². The van der Waals surface area contributed by atoms with Gasteiger partial charge in [-0.3, -0.25) is 0 Å². The molecule has 7 heteroatoms. The Labute approximate surface area is 118 Å². The lowest BCUT2D eigenvalue weighted by atomic mass is 10.1. The van der Waals surface area contributed by atoms with E-state index >= 15 is 0 Å². The average Bonchev–Trinajstić information content (AvgIpc) is 3.19. The van der Waals surface area contributed by atoms with Crippen molar-refractivity contribution < 1.29 is 13.2 Å². The van der Waals surface area contributed by atoms with Gasteiger partial charge in [0.1, 0.15) is 0 Å². The first-order valence-corrected chi connectivity index (χ1v) is 8.37. The summed E-state index contributed by atoms with van der Waals surface area (Å²) in [6.45, 7) is 0.967. The minimum atomic E-state index is -3.59. The highest BCUT2D eigenvalue weighted by Gasteiger charge is 2.42. The predicted molar refractivity (Wildman–Crippen MR) is 73.3 cm³/mol. The minimum Gasteiger partial charge on any atom is -0.376 e. The van der Waals surface area contributed by atoms with E-state index in [9.17, 15) is 8.42 Å². The summed E-state index contributed by atoms with van der Waals surface area (Å²) < 4.78 is 33.0. The Morgan fingerprint density at radius 2 is 2.15 bits per heavy atom. The second kappa shape index (κ2) is 5.40. The van der Waals surface area contributed by atoms with Crippen LogP contribution in [0.1, 0.15) is 24.8 Å². The SMILES string of the molecule is NCc1ccc(S(=O)(=O)NC2CCOC2C2CC2)nc1. The third-order valence-corrected chi connectivity index (χ3v) is 5.24. The summed E-state index contributed by atoms with van der Waals surface area (Å²) in [5.74, 6) is 0.512. The van der Waals surface area contributed by atoms with Crippen molar-refractivity contribution in [3.63, 3.8) is 0 Å². The highest BCUT2D eigenvalue weighted by molar-refractivity contribution is 7.89. The molecule has 0 spiro atoms. The van der Waals surface area contributed by atoms with Crippen LogP contribution in [-0.4, -0.2) is 32.2 Å². The zero-order chi connectivity index (χ0) is 14.2. The van der Waals surface area contributed by atoms with Crippen molar-refractivity contribution in [1.29, 1.82) is 0 Å². The molecule has 1 aromatic heterocycles. The van der Waals surface area contributed by atoms with E-state index in [0.717, 1.165) is 24.8 Å². The van der Waals surface area contributed by atoms with Crippen LogP contribution in [0.2, 0.25) is 0 Å². The Kier molecular flexibility index (Phi) is 3.76. The number of hydrogen-bond acceptors (Lipinski definition) is 5. The maximum atomic E-state index is 12.3. The lowest BCUT2D eigenvalue weighted by Crippen LogP contribution is -2.41. The standard InChI is InChI=1S/C13H19N3O3S/c14-7-9-1-4-12(15-8-9)20(17,18)16-11-5-6-19-13(11)10-2-3-10/h1,4,8,10-11,13,16H,2-3,5-7,14H2. The molecule has 2 aliphatic rings. The normalized spacial score (nSPS) is 26.9. The molecule has 2 fully saturated rings. The third kappa shape index (κ3) is 2.85. The number of pyridine rings is 1. The average molecular weight is 297 g/mol. The number of rotatable bonds is 5. The Morgan fingerprint density at radius 1 is 1.35 bits per heavy atom. The molecule has 6 nitrogen and oxygen atoms in total. The summed E-state index contributed by atoms with van der Waals surface area (Å²) in [7, 11) is -3.59. The topological polar surface area (TPSA) is 94.3 Å². The Hall–Kier alpha value is -1.02. The van der Waals surface area contributed by atoms with E-state index in [1.54, 1.807) is 6.07 Å². The van der Waals surface area contributed by atoms with Gasteiger partial charge in [-0.25, -0.2) is 18.1 Å². The van der Waals surface area contributed by atoms with Gasteiger partial charge in [-0.05, 0) is 36.8 Å². The van der Waals surface area contributed by atoms with E-state index in [1.807, 2.05) is 0 Å². The maximum Gasteiger partial charge on any atom is 0.258 e. The molecule has 2 unspecified atom stereocenters. The first-order valence-electron chi connectivity index (χ1n) is 6.89. The van der Waals surface area contributed by atoms with E-state index in [0.29, 0.717) is 19.1 Å². The van der Waals surface area contributed by atoms with Gasteiger partial charge in [-0.15, -0.1) is 0 Å². The molecular weight excluding hydrogens is 278 g/mol. The second-order valence-electron chi connectivity index (χ2n) is 5.40. The number of aromatic nitrogens is 1. The zero-order valence-electron chi connectivity index (χ0n) is 11.2. The molecule has 110 valence electrons. The summed E-state index contributed by atoms with van der Waals surface area (Å²) in [4.78, 5) is 3.98. The van der Waals surface area contributed by atoms with Crippen molar-refractivity contribution in [1.82, 2.24) is 9.71 Å². The Morgan fingerprint density at radius 3 is 2.75 bits per heavy atom. The summed E-state index contributed by atoms with van der Waals surface area (Å²) >= 11 is 0. The maximum absolute atomic E-state index is 12.3. The van der Waals surface area contributed by atoms with Crippen molar-refractivity contribution in [2.24, 2.45) is 11.7 Å². The molecule has 0 aromatic carbocycles. The molecule has 1 saturated heterocycles. The van der Waals surface area contributed by atoms with Gasteiger partial charge >= 0.3 is 0 Å². The number of ether oxygens (including phenoxy) is 1. The van der Waals surface area contributed by atoms with Crippen molar-refractivity contribution in [2.75, 3.05) is 6.61 Å². The molecule has 0 radical (unpaired) electrons. The number of nitrogens with zero attached hydrogens (tertiary/aromatic N) is 1. The van der Waals surface area contributed by atoms with Gasteiger partial charge in [-0.2, -0.15) is 0 Å². The minimum absolute atomic E-state index is 0.0214. The van der Waals surface area contributed by atoms with E-state index in [-0.39, 0.29) is 17.2 Å². The Balaban J connectivity index is 1.73. The van der Waals surface area contributed by atoms with E-state index < -0.39 is 10.0 Å². The molecule has 2 heterocycles. The molecular formula is C13H19N3O3S. The lowest BCUT2D eigenvalue weighted by molar-refractivity contribution is 0.0848. The number of nitrogens with one attached hydrogen (secondary N) is 1. The first kappa shape index (κ1) is 13.9. The molecule has 0 amide bonds. The molecule has 1 aliphatic carbocycles. The first-order chi connectivity index (χ1) is 9.60. The fraction of sp³-hybridized carbons (Fsp3) is 0.615. The number of hydrogen-bond donors (Lipinski definition) is 2. The van der Waals surface area contributed by atoms with Crippen LogP contribution in [0.5, 0.6) is 0 Å². The number of sulfonamides is 1. The van der Waals surface area contributed by atoms with Crippen molar-refractivity contribution in [3.8, 4) is 0 Å². The van der Waals surface area contributed by atoms with Gasteiger partial charge < -0.3 is 10.5 Å². The summed E-state index contributed by atoms with van der Waals surface area (Å²) in [5, 5.41) is 0.0381. The van der Waals surface area contributed by atoms with Crippen LogP contribution < -0.4 is 10.5 Å². The van der Waals surface area contributed by atoms with Gasteiger partial charge in [-0.1, -0.05) is 6.07 Å². The lowest BCUT2D eigenvalue weighted by Gasteiger charge is -2.19. The van der Waals surface area contributed by atoms with E-state index in [4.69, 9.17) is 10.5 Å². The molecule has 3 rings (SSSR count). The van der Waals surface area contributed by atoms with Crippen LogP contribution in [0.4, 0.5) is 0 Å². The zero-order valence-corrected chi connectivity index (χ0v) is 12.0. The summed E-state index contributed by atoms with van der Waals surface area (Å²) in [6.07, 6.45) is 4.51. The summed E-state index contributed by atoms with van der Waals surface area (Å²) in [5.41, 5.74) is 6.29. The van der Waals surface area contributed by atoms with Crippen molar-refractivity contribution in [3.05, 3.63) is 23.9 Å². The van der Waals surface area contributed by atoms with Crippen molar-refractivity contribution in [2.45, 2.75) is 43.0 Å². The molecule has 3 N–H and O–H groups in total. The second-order valence-corrected chi connectivity index (χ2v) is 7.06. The predicted octanol–water partition coefficient (Wildman–Crippen LogP) is 0.386. The van der Waals surface area contributed by atoms with Gasteiger partial charge in [0, 0.05) is 19.3 Å². The molecule has 1 aliphatic heterocycles.